The summed E-state index contributed by atoms with van der Waals surface area (Å²) >= 11 is 0. The first-order chi connectivity index (χ1) is 8.85. The van der Waals surface area contributed by atoms with Gasteiger partial charge in [-0.25, -0.2) is 0 Å². The first-order valence-electron chi connectivity index (χ1n) is 6.22. The Labute approximate surface area is 114 Å². The van der Waals surface area contributed by atoms with E-state index in [1.54, 1.807) is 7.05 Å². The number of rotatable bonds is 4. The lowest BCUT2D eigenvalue weighted by Crippen LogP contribution is -2.34. The van der Waals surface area contributed by atoms with Gasteiger partial charge >= 0.3 is 5.97 Å². The van der Waals surface area contributed by atoms with E-state index in [1.165, 1.54) is 17.6 Å². The zero-order chi connectivity index (χ0) is 14.6. The van der Waals surface area contributed by atoms with Crippen molar-refractivity contribution < 1.29 is 14.3 Å². The van der Waals surface area contributed by atoms with E-state index in [2.05, 4.69) is 16.9 Å². The van der Waals surface area contributed by atoms with Crippen LogP contribution in [0.3, 0.4) is 0 Å². The number of ether oxygens (including phenoxy) is 1. The number of benzene rings is 1. The van der Waals surface area contributed by atoms with E-state index in [9.17, 15) is 9.59 Å². The van der Waals surface area contributed by atoms with Gasteiger partial charge in [0.25, 0.3) is 0 Å². The lowest BCUT2D eigenvalue weighted by Gasteiger charge is -2.17. The Bertz CT molecular complexity index is 471. The Balaban J connectivity index is 2.80. The van der Waals surface area contributed by atoms with Crippen LogP contribution in [0.4, 0.5) is 0 Å². The summed E-state index contributed by atoms with van der Waals surface area (Å²) in [6.45, 7) is 6.03. The van der Waals surface area contributed by atoms with Crippen LogP contribution in [-0.2, 0) is 20.7 Å². The summed E-state index contributed by atoms with van der Waals surface area (Å²) in [5, 5.41) is 0. The Kier molecular flexibility index (Phi) is 5.10. The standard InChI is InChI=1S/C15H21NO3/c1-10-6-11(2)13(12(3)7-10)8-14(17)16(4)9-15(18)19-5/h6-7H,8-9H2,1-5H3. The summed E-state index contributed by atoms with van der Waals surface area (Å²) in [5.74, 6) is -0.492. The summed E-state index contributed by atoms with van der Waals surface area (Å²) < 4.78 is 4.55. The van der Waals surface area contributed by atoms with E-state index in [1.807, 2.05) is 20.8 Å². The Morgan fingerprint density at radius 3 is 2.16 bits per heavy atom. The van der Waals surface area contributed by atoms with Crippen molar-refractivity contribution in [2.24, 2.45) is 0 Å². The molecule has 1 aromatic rings. The molecule has 0 aromatic heterocycles. The molecule has 104 valence electrons. The van der Waals surface area contributed by atoms with Crippen LogP contribution in [-0.4, -0.2) is 37.5 Å². The Hall–Kier alpha value is -1.84. The highest BCUT2D eigenvalue weighted by atomic mass is 16.5. The number of carbonyl (C=O) groups excluding carboxylic acids is 2. The molecule has 0 fully saturated rings. The van der Waals surface area contributed by atoms with E-state index < -0.39 is 5.97 Å². The molecule has 19 heavy (non-hydrogen) atoms. The fraction of sp³-hybridized carbons (Fsp3) is 0.467. The van der Waals surface area contributed by atoms with E-state index in [0.29, 0.717) is 6.42 Å². The smallest absolute Gasteiger partial charge is 0.325 e. The topological polar surface area (TPSA) is 46.6 Å². The first-order valence-corrected chi connectivity index (χ1v) is 6.22. The number of nitrogens with zero attached hydrogens (tertiary/aromatic N) is 1. The number of carbonyl (C=O) groups is 2. The highest BCUT2D eigenvalue weighted by molar-refractivity contribution is 5.83. The van der Waals surface area contributed by atoms with Gasteiger partial charge < -0.3 is 9.64 Å². The molecule has 0 unspecified atom stereocenters. The fourth-order valence-corrected chi connectivity index (χ4v) is 2.12. The van der Waals surface area contributed by atoms with Crippen molar-refractivity contribution in [3.05, 3.63) is 34.4 Å². The van der Waals surface area contributed by atoms with Crippen LogP contribution in [0.2, 0.25) is 0 Å². The van der Waals surface area contributed by atoms with Crippen molar-refractivity contribution in [3.63, 3.8) is 0 Å². The average Bonchev–Trinajstić information content (AvgIpc) is 2.32. The molecule has 0 atom stereocenters. The highest BCUT2D eigenvalue weighted by Gasteiger charge is 2.15. The third-order valence-corrected chi connectivity index (χ3v) is 3.19. The molecule has 0 aliphatic rings. The van der Waals surface area contributed by atoms with Crippen molar-refractivity contribution in [2.45, 2.75) is 27.2 Å². The minimum Gasteiger partial charge on any atom is -0.468 e. The molecule has 0 N–H and O–H groups in total. The number of aryl methyl sites for hydroxylation is 3. The van der Waals surface area contributed by atoms with Crippen molar-refractivity contribution >= 4 is 11.9 Å². The van der Waals surface area contributed by atoms with Crippen LogP contribution in [0.25, 0.3) is 0 Å². The molecule has 0 saturated heterocycles. The largest absolute Gasteiger partial charge is 0.468 e. The molecule has 1 amide bonds. The number of likely N-dealkylation sites (N-methyl/N-ethyl adjacent to an activating group) is 1. The van der Waals surface area contributed by atoms with Crippen molar-refractivity contribution in [1.82, 2.24) is 4.90 Å². The number of hydrogen-bond donors (Lipinski definition) is 0. The number of methoxy groups -OCH3 is 1. The van der Waals surface area contributed by atoms with Gasteiger partial charge in [-0.15, -0.1) is 0 Å². The van der Waals surface area contributed by atoms with E-state index in [0.717, 1.165) is 16.7 Å². The van der Waals surface area contributed by atoms with Crippen LogP contribution >= 0.6 is 0 Å². The summed E-state index contributed by atoms with van der Waals surface area (Å²) in [6.07, 6.45) is 0.311. The molecule has 0 saturated carbocycles. The number of amides is 1. The van der Waals surface area contributed by atoms with Gasteiger partial charge in [0, 0.05) is 7.05 Å². The Morgan fingerprint density at radius 1 is 1.16 bits per heavy atom. The van der Waals surface area contributed by atoms with Crippen LogP contribution < -0.4 is 0 Å². The van der Waals surface area contributed by atoms with Crippen LogP contribution in [0.15, 0.2) is 12.1 Å². The SMILES string of the molecule is COC(=O)CN(C)C(=O)Cc1c(C)cc(C)cc1C. The quantitative estimate of drug-likeness (QED) is 0.778. The summed E-state index contributed by atoms with van der Waals surface area (Å²) in [7, 11) is 2.92. The summed E-state index contributed by atoms with van der Waals surface area (Å²) in [4.78, 5) is 24.6. The normalized spacial score (nSPS) is 10.2. The van der Waals surface area contributed by atoms with E-state index >= 15 is 0 Å². The molecule has 1 rings (SSSR count). The minimum atomic E-state index is -0.409. The molecule has 0 radical (unpaired) electrons. The second kappa shape index (κ2) is 6.36. The third kappa shape index (κ3) is 4.09. The maximum absolute atomic E-state index is 12.1. The molecule has 0 heterocycles. The van der Waals surface area contributed by atoms with Gasteiger partial charge in [0.1, 0.15) is 6.54 Å². The van der Waals surface area contributed by atoms with E-state index in [-0.39, 0.29) is 12.5 Å². The van der Waals surface area contributed by atoms with Gasteiger partial charge in [-0.1, -0.05) is 17.7 Å². The molecule has 1 aromatic carbocycles. The summed E-state index contributed by atoms with van der Waals surface area (Å²) in [6, 6.07) is 4.13. The molecule has 0 aliphatic carbocycles. The maximum atomic E-state index is 12.1. The average molecular weight is 263 g/mol. The van der Waals surface area contributed by atoms with Gasteiger partial charge in [0.2, 0.25) is 5.91 Å². The van der Waals surface area contributed by atoms with Crippen LogP contribution in [0, 0.1) is 20.8 Å². The molecule has 0 spiro atoms. The van der Waals surface area contributed by atoms with Crippen LogP contribution in [0.5, 0.6) is 0 Å². The highest BCUT2D eigenvalue weighted by Crippen LogP contribution is 2.17. The van der Waals surface area contributed by atoms with Crippen LogP contribution in [0.1, 0.15) is 22.3 Å². The molecular formula is C15H21NO3. The monoisotopic (exact) mass is 263 g/mol. The van der Waals surface area contributed by atoms with Crippen molar-refractivity contribution in [3.8, 4) is 0 Å². The zero-order valence-electron chi connectivity index (χ0n) is 12.2. The lowest BCUT2D eigenvalue weighted by atomic mass is 9.97. The van der Waals surface area contributed by atoms with Gasteiger partial charge in [-0.05, 0) is 37.5 Å². The van der Waals surface area contributed by atoms with Gasteiger partial charge in [0.15, 0.2) is 0 Å². The van der Waals surface area contributed by atoms with Crippen molar-refractivity contribution in [1.29, 1.82) is 0 Å². The second-order valence-corrected chi connectivity index (χ2v) is 4.88. The predicted molar refractivity (Wildman–Crippen MR) is 74.0 cm³/mol. The predicted octanol–water partition coefficient (Wildman–Crippen LogP) is 1.79. The van der Waals surface area contributed by atoms with Gasteiger partial charge in [0.05, 0.1) is 13.5 Å². The van der Waals surface area contributed by atoms with Gasteiger partial charge in [-0.3, -0.25) is 9.59 Å². The van der Waals surface area contributed by atoms with Crippen molar-refractivity contribution in [2.75, 3.05) is 20.7 Å². The molecular weight excluding hydrogens is 242 g/mol. The second-order valence-electron chi connectivity index (χ2n) is 4.88. The molecule has 0 bridgehead atoms. The molecule has 0 aliphatic heterocycles. The Morgan fingerprint density at radius 2 is 1.68 bits per heavy atom. The first kappa shape index (κ1) is 15.2. The summed E-state index contributed by atoms with van der Waals surface area (Å²) in [5.41, 5.74) is 4.44. The maximum Gasteiger partial charge on any atom is 0.325 e. The number of esters is 1. The minimum absolute atomic E-state index is 0.0146. The van der Waals surface area contributed by atoms with Gasteiger partial charge in [-0.2, -0.15) is 0 Å². The third-order valence-electron chi connectivity index (χ3n) is 3.19. The molecule has 4 heteroatoms. The number of hydrogen-bond acceptors (Lipinski definition) is 3. The zero-order valence-corrected chi connectivity index (χ0v) is 12.2. The lowest BCUT2D eigenvalue weighted by molar-refractivity contribution is -0.145. The van der Waals surface area contributed by atoms with E-state index in [4.69, 9.17) is 0 Å². The molecule has 4 nitrogen and oxygen atoms in total. The fourth-order valence-electron chi connectivity index (χ4n) is 2.12.